The number of aromatic nitrogens is 2. The molecule has 2 N–H and O–H groups in total. The summed E-state index contributed by atoms with van der Waals surface area (Å²) >= 11 is 6.13. The van der Waals surface area contributed by atoms with Crippen LogP contribution in [0.25, 0.3) is 0 Å². The highest BCUT2D eigenvalue weighted by atomic mass is 35.5. The molecule has 48 heavy (non-hydrogen) atoms. The molecule has 1 atom stereocenters. The maximum Gasteiger partial charge on any atom is 0.247 e. The van der Waals surface area contributed by atoms with E-state index in [0.717, 1.165) is 83.0 Å². The number of halogens is 1. The Morgan fingerprint density at radius 1 is 0.958 bits per heavy atom. The quantitative estimate of drug-likeness (QED) is 0.288. The molecule has 13 heteroatoms. The number of hydrogen-bond donors (Lipinski definition) is 2. The number of benzene rings is 2. The number of anilines is 5. The van der Waals surface area contributed by atoms with E-state index >= 15 is 0 Å². The van der Waals surface area contributed by atoms with Crippen LogP contribution in [0.15, 0.2) is 61.4 Å². The van der Waals surface area contributed by atoms with E-state index in [0.29, 0.717) is 52.5 Å². The predicted octanol–water partition coefficient (Wildman–Crippen LogP) is 4.87. The van der Waals surface area contributed by atoms with E-state index in [9.17, 15) is 4.79 Å². The summed E-state index contributed by atoms with van der Waals surface area (Å²) in [6, 6.07) is 14.7. The first-order valence-electron chi connectivity index (χ1n) is 16.7. The number of ether oxygens (including phenoxy) is 2. The number of hydroxylamine groups is 1. The van der Waals surface area contributed by atoms with E-state index in [1.165, 1.54) is 12.4 Å². The van der Waals surface area contributed by atoms with Gasteiger partial charge in [0, 0.05) is 68.9 Å². The lowest BCUT2D eigenvalue weighted by atomic mass is 10.0. The van der Waals surface area contributed by atoms with E-state index in [1.54, 1.807) is 7.11 Å². The zero-order valence-electron chi connectivity index (χ0n) is 27.3. The Morgan fingerprint density at radius 3 is 2.35 bits per heavy atom. The lowest BCUT2D eigenvalue weighted by molar-refractivity contribution is -0.111. The molecule has 3 aromatic rings. The van der Waals surface area contributed by atoms with E-state index in [-0.39, 0.29) is 11.9 Å². The molecule has 0 unspecified atom stereocenters. The number of nitrogens with zero attached hydrogens (tertiary/aromatic N) is 6. The Balaban J connectivity index is 1.07. The van der Waals surface area contributed by atoms with E-state index in [1.807, 2.05) is 47.5 Å². The number of rotatable bonds is 10. The highest BCUT2D eigenvalue weighted by molar-refractivity contribution is 6.30. The standard InChI is InChI=1S/C35H43ClN8O4/c1-3-35(45)40-28-18-29(39-33-20-34(38-23-37-33)44-30(10-17-48-44)24-4-6-25(36)7-5-24)32(46-2)19-31(28)43-11-8-26(9-12-43)41-13-15-42(16-14-41)27-21-47-22-27/h3-7,18-20,23,26-27,30H,1,8-17,21-22H2,2H3,(H,40,45)(H,37,38,39)/t30-/m1/s1. The predicted molar refractivity (Wildman–Crippen MR) is 187 cm³/mol. The maximum absolute atomic E-state index is 12.6. The Morgan fingerprint density at radius 2 is 1.69 bits per heavy atom. The number of amides is 1. The van der Waals surface area contributed by atoms with Gasteiger partial charge in [0.15, 0.2) is 5.82 Å². The smallest absolute Gasteiger partial charge is 0.247 e. The van der Waals surface area contributed by atoms with Crippen molar-refractivity contribution < 1.29 is 19.1 Å². The minimum Gasteiger partial charge on any atom is -0.494 e. The molecule has 4 aliphatic heterocycles. The average molecular weight is 675 g/mol. The van der Waals surface area contributed by atoms with Crippen molar-refractivity contribution in [3.63, 3.8) is 0 Å². The van der Waals surface area contributed by atoms with Crippen molar-refractivity contribution in [3.05, 3.63) is 72.0 Å². The SMILES string of the molecule is C=CC(=O)Nc1cc(Nc2cc(N3OCC[C@@H]3c3ccc(Cl)cc3)ncn2)c(OC)cc1N1CCC(N2CCN(C3COC3)CC2)CC1. The second-order valence-corrected chi connectivity index (χ2v) is 13.1. The van der Waals surface area contributed by atoms with Crippen LogP contribution in [0.5, 0.6) is 5.75 Å². The number of carbonyl (C=O) groups is 1. The van der Waals surface area contributed by atoms with Crippen LogP contribution in [-0.2, 0) is 14.4 Å². The maximum atomic E-state index is 12.6. The van der Waals surface area contributed by atoms with Gasteiger partial charge in [0.2, 0.25) is 5.91 Å². The van der Waals surface area contributed by atoms with Crippen molar-refractivity contribution in [1.29, 1.82) is 0 Å². The van der Waals surface area contributed by atoms with Crippen LogP contribution in [0.4, 0.5) is 28.7 Å². The Hall–Kier alpha value is -3.94. The molecule has 0 spiro atoms. The second kappa shape index (κ2) is 14.7. The molecule has 7 rings (SSSR count). The van der Waals surface area contributed by atoms with Crippen LogP contribution in [0.3, 0.4) is 0 Å². The normalized spacial score (nSPS) is 21.2. The fraction of sp³-hybridized carbons (Fsp3) is 0.457. The van der Waals surface area contributed by atoms with Crippen LogP contribution >= 0.6 is 11.6 Å². The zero-order chi connectivity index (χ0) is 33.0. The number of nitrogens with one attached hydrogen (secondary N) is 2. The lowest BCUT2D eigenvalue weighted by Gasteiger charge is -2.46. The number of methoxy groups -OCH3 is 1. The Bertz CT molecular complexity index is 1590. The topological polar surface area (TPSA) is 108 Å². The van der Waals surface area contributed by atoms with Gasteiger partial charge in [-0.25, -0.2) is 15.0 Å². The van der Waals surface area contributed by atoms with Gasteiger partial charge in [-0.3, -0.25) is 19.4 Å². The first-order chi connectivity index (χ1) is 23.5. The van der Waals surface area contributed by atoms with Crippen molar-refractivity contribution >= 4 is 46.2 Å². The number of piperidine rings is 1. The molecule has 0 aliphatic carbocycles. The van der Waals surface area contributed by atoms with Gasteiger partial charge in [-0.2, -0.15) is 0 Å². The fourth-order valence-corrected chi connectivity index (χ4v) is 7.24. The summed E-state index contributed by atoms with van der Waals surface area (Å²) in [4.78, 5) is 35.1. The zero-order valence-corrected chi connectivity index (χ0v) is 28.1. The number of piperazine rings is 1. The summed E-state index contributed by atoms with van der Waals surface area (Å²) in [6.07, 6.45) is 5.73. The molecular formula is C35H43ClN8O4. The molecule has 4 saturated heterocycles. The third-order valence-corrected chi connectivity index (χ3v) is 10.1. The first kappa shape index (κ1) is 32.6. The molecule has 0 radical (unpaired) electrons. The van der Waals surface area contributed by atoms with E-state index in [2.05, 4.69) is 41.9 Å². The third-order valence-electron chi connectivity index (χ3n) is 9.87. The molecule has 1 amide bonds. The number of hydrogen-bond acceptors (Lipinski definition) is 11. The van der Waals surface area contributed by atoms with Gasteiger partial charge in [-0.1, -0.05) is 30.3 Å². The molecule has 254 valence electrons. The van der Waals surface area contributed by atoms with Crippen molar-refractivity contribution in [2.75, 3.05) is 86.8 Å². The molecule has 1 aromatic heterocycles. The summed E-state index contributed by atoms with van der Waals surface area (Å²) in [5, 5.41) is 8.93. The number of carbonyl (C=O) groups excluding carboxylic acids is 1. The van der Waals surface area contributed by atoms with Gasteiger partial charge in [0.25, 0.3) is 0 Å². The molecule has 0 bridgehead atoms. The minimum atomic E-state index is -0.277. The van der Waals surface area contributed by atoms with Crippen LogP contribution in [-0.4, -0.2) is 104 Å². The molecule has 0 saturated carbocycles. The Kier molecular flexibility index (Phi) is 9.96. The summed E-state index contributed by atoms with van der Waals surface area (Å²) in [6.45, 7) is 12.2. The largest absolute Gasteiger partial charge is 0.494 e. The van der Waals surface area contributed by atoms with Crippen molar-refractivity contribution in [1.82, 2.24) is 19.8 Å². The lowest BCUT2D eigenvalue weighted by Crippen LogP contribution is -2.59. The van der Waals surface area contributed by atoms with Crippen LogP contribution in [0.2, 0.25) is 5.02 Å². The minimum absolute atomic E-state index is 0.00395. The first-order valence-corrected chi connectivity index (χ1v) is 17.1. The van der Waals surface area contributed by atoms with Gasteiger partial charge >= 0.3 is 0 Å². The highest BCUT2D eigenvalue weighted by Gasteiger charge is 2.33. The van der Waals surface area contributed by atoms with Gasteiger partial charge in [-0.05, 0) is 42.7 Å². The van der Waals surface area contributed by atoms with Gasteiger partial charge in [0.1, 0.15) is 17.9 Å². The molecule has 4 fully saturated rings. The van der Waals surface area contributed by atoms with E-state index in [4.69, 9.17) is 25.9 Å². The fourth-order valence-electron chi connectivity index (χ4n) is 7.11. The Labute approximate surface area is 286 Å². The van der Waals surface area contributed by atoms with E-state index < -0.39 is 0 Å². The van der Waals surface area contributed by atoms with Crippen molar-refractivity contribution in [3.8, 4) is 5.75 Å². The van der Waals surface area contributed by atoms with Crippen molar-refractivity contribution in [2.24, 2.45) is 0 Å². The molecule has 12 nitrogen and oxygen atoms in total. The monoisotopic (exact) mass is 674 g/mol. The van der Waals surface area contributed by atoms with Crippen LogP contribution < -0.4 is 25.3 Å². The van der Waals surface area contributed by atoms with Gasteiger partial charge < -0.3 is 25.0 Å². The molecular weight excluding hydrogens is 632 g/mol. The summed E-state index contributed by atoms with van der Waals surface area (Å²) in [5.41, 5.74) is 3.35. The third kappa shape index (κ3) is 7.08. The van der Waals surface area contributed by atoms with Gasteiger partial charge in [-0.15, -0.1) is 0 Å². The molecule has 2 aromatic carbocycles. The summed E-state index contributed by atoms with van der Waals surface area (Å²) in [5.74, 6) is 1.54. The molecule has 5 heterocycles. The average Bonchev–Trinajstić information content (AvgIpc) is 3.59. The van der Waals surface area contributed by atoms with Crippen LogP contribution in [0.1, 0.15) is 30.9 Å². The van der Waals surface area contributed by atoms with Crippen molar-refractivity contribution in [2.45, 2.75) is 37.4 Å². The van der Waals surface area contributed by atoms with Crippen LogP contribution in [0, 0.1) is 0 Å². The second-order valence-electron chi connectivity index (χ2n) is 12.6. The highest BCUT2D eigenvalue weighted by Crippen LogP contribution is 2.41. The summed E-state index contributed by atoms with van der Waals surface area (Å²) in [7, 11) is 1.65. The summed E-state index contributed by atoms with van der Waals surface area (Å²) < 4.78 is 11.3. The molecule has 4 aliphatic rings. The van der Waals surface area contributed by atoms with Gasteiger partial charge in [0.05, 0.1) is 56.1 Å².